The first-order chi connectivity index (χ1) is 8.68. The number of nitrogens with one attached hydrogen (secondary N) is 2. The van der Waals surface area contributed by atoms with Crippen molar-refractivity contribution >= 4 is 11.9 Å². The van der Waals surface area contributed by atoms with E-state index in [1.165, 1.54) is 12.5 Å². The molecule has 98 valence electrons. The normalized spacial score (nSPS) is 18.2. The highest BCUT2D eigenvalue weighted by Crippen LogP contribution is 2.26. The van der Waals surface area contributed by atoms with Gasteiger partial charge >= 0.3 is 5.97 Å². The smallest absolute Gasteiger partial charge is 0.326 e. The second-order valence-corrected chi connectivity index (χ2v) is 4.65. The lowest BCUT2D eigenvalue weighted by Gasteiger charge is -2.27. The Morgan fingerprint density at radius 2 is 2.11 bits per heavy atom. The Hall–Kier alpha value is -1.85. The second kappa shape index (κ2) is 5.66. The number of amides is 1. The van der Waals surface area contributed by atoms with Crippen molar-refractivity contribution in [3.63, 3.8) is 0 Å². The van der Waals surface area contributed by atoms with Gasteiger partial charge in [-0.2, -0.15) is 0 Å². The summed E-state index contributed by atoms with van der Waals surface area (Å²) in [7, 11) is 0. The van der Waals surface area contributed by atoms with Crippen molar-refractivity contribution in [2.45, 2.75) is 38.1 Å². The lowest BCUT2D eigenvalue weighted by Crippen LogP contribution is -2.46. The molecule has 0 saturated heterocycles. The van der Waals surface area contributed by atoms with Gasteiger partial charge in [0.25, 0.3) is 5.91 Å². The average molecular weight is 251 g/mol. The molecular weight excluding hydrogens is 234 g/mol. The minimum absolute atomic E-state index is 0.0307. The first kappa shape index (κ1) is 12.6. The van der Waals surface area contributed by atoms with Crippen LogP contribution in [0.2, 0.25) is 0 Å². The number of carboxylic acid groups (broad SMARTS) is 1. The molecule has 1 unspecified atom stereocenters. The molecule has 0 aliphatic heterocycles. The summed E-state index contributed by atoms with van der Waals surface area (Å²) in [6, 6.07) is -0.805. The number of nitrogens with zero attached hydrogens (tertiary/aromatic N) is 1. The molecule has 3 N–H and O–H groups in total. The zero-order valence-electron chi connectivity index (χ0n) is 10.1. The van der Waals surface area contributed by atoms with Gasteiger partial charge in [-0.25, -0.2) is 9.78 Å². The van der Waals surface area contributed by atoms with Gasteiger partial charge in [0.05, 0.1) is 12.5 Å². The lowest BCUT2D eigenvalue weighted by molar-refractivity contribution is -0.141. The molecule has 2 rings (SSSR count). The highest BCUT2D eigenvalue weighted by atomic mass is 16.4. The number of aromatic nitrogens is 2. The van der Waals surface area contributed by atoms with E-state index in [0.717, 1.165) is 32.1 Å². The third kappa shape index (κ3) is 2.88. The average Bonchev–Trinajstić information content (AvgIpc) is 2.90. The second-order valence-electron chi connectivity index (χ2n) is 4.65. The first-order valence-corrected chi connectivity index (χ1v) is 6.20. The number of hydrogen-bond acceptors (Lipinski definition) is 3. The molecule has 18 heavy (non-hydrogen) atoms. The number of H-pyrrole nitrogens is 1. The van der Waals surface area contributed by atoms with Crippen molar-refractivity contribution < 1.29 is 14.7 Å². The van der Waals surface area contributed by atoms with E-state index in [1.54, 1.807) is 0 Å². The van der Waals surface area contributed by atoms with Gasteiger partial charge in [0.2, 0.25) is 0 Å². The number of hydrogen-bond donors (Lipinski definition) is 3. The van der Waals surface area contributed by atoms with Gasteiger partial charge < -0.3 is 15.4 Å². The fraction of sp³-hybridized carbons (Fsp3) is 0.583. The van der Waals surface area contributed by atoms with Crippen LogP contribution in [-0.2, 0) is 4.79 Å². The summed E-state index contributed by atoms with van der Waals surface area (Å²) in [5.74, 6) is -1.34. The van der Waals surface area contributed by atoms with Crippen LogP contribution in [0.5, 0.6) is 0 Å². The zero-order valence-corrected chi connectivity index (χ0v) is 10.1. The molecule has 1 heterocycles. The molecule has 0 radical (unpaired) electrons. The van der Waals surface area contributed by atoms with E-state index in [4.69, 9.17) is 0 Å². The van der Waals surface area contributed by atoms with E-state index in [0.29, 0.717) is 0 Å². The fourth-order valence-electron chi connectivity index (χ4n) is 2.45. The summed E-state index contributed by atoms with van der Waals surface area (Å²) >= 11 is 0. The molecule has 1 aromatic rings. The summed E-state index contributed by atoms with van der Waals surface area (Å²) in [4.78, 5) is 29.5. The summed E-state index contributed by atoms with van der Waals surface area (Å²) < 4.78 is 0. The molecule has 1 amide bonds. The maximum Gasteiger partial charge on any atom is 0.326 e. The largest absolute Gasteiger partial charge is 0.480 e. The molecule has 1 aromatic heterocycles. The van der Waals surface area contributed by atoms with E-state index in [1.807, 2.05) is 0 Å². The highest BCUT2D eigenvalue weighted by molar-refractivity contribution is 5.94. The van der Waals surface area contributed by atoms with Crippen molar-refractivity contribution in [3.05, 3.63) is 18.2 Å². The topological polar surface area (TPSA) is 95.1 Å². The molecule has 0 bridgehead atoms. The number of carbonyl (C=O) groups is 2. The van der Waals surface area contributed by atoms with Crippen molar-refractivity contribution in [2.75, 3.05) is 0 Å². The Kier molecular flexibility index (Phi) is 3.96. The molecule has 1 saturated carbocycles. The van der Waals surface area contributed by atoms with Crippen LogP contribution in [0.15, 0.2) is 12.5 Å². The Bertz CT molecular complexity index is 410. The van der Waals surface area contributed by atoms with Gasteiger partial charge in [-0.05, 0) is 18.8 Å². The van der Waals surface area contributed by atoms with Crippen molar-refractivity contribution in [2.24, 2.45) is 5.92 Å². The Morgan fingerprint density at radius 3 is 2.67 bits per heavy atom. The molecule has 1 atom stereocenters. The van der Waals surface area contributed by atoms with E-state index in [2.05, 4.69) is 15.3 Å². The standard InChI is InChI=1S/C12H17N3O3/c16-11(9-6-13-7-14-9)15-10(12(17)18)8-4-2-1-3-5-8/h6-8,10H,1-5H2,(H,13,14)(H,15,16)(H,17,18). The van der Waals surface area contributed by atoms with Gasteiger partial charge in [-0.3, -0.25) is 4.79 Å². The predicted molar refractivity (Wildman–Crippen MR) is 64.1 cm³/mol. The number of carboxylic acids is 1. The molecule has 1 aliphatic carbocycles. The van der Waals surface area contributed by atoms with E-state index in [9.17, 15) is 14.7 Å². The number of carbonyl (C=O) groups excluding carboxylic acids is 1. The third-order valence-electron chi connectivity index (χ3n) is 3.42. The van der Waals surface area contributed by atoms with Crippen LogP contribution in [0.4, 0.5) is 0 Å². The summed E-state index contributed by atoms with van der Waals surface area (Å²) in [5, 5.41) is 11.8. The number of rotatable bonds is 4. The van der Waals surface area contributed by atoms with Gasteiger partial charge in [0.1, 0.15) is 11.7 Å². The predicted octanol–water partition coefficient (Wildman–Crippen LogP) is 1.17. The van der Waals surface area contributed by atoms with Gasteiger partial charge in [0, 0.05) is 0 Å². The number of aliphatic carboxylic acids is 1. The van der Waals surface area contributed by atoms with Crippen LogP contribution in [0.3, 0.4) is 0 Å². The van der Waals surface area contributed by atoms with Crippen LogP contribution in [0, 0.1) is 5.92 Å². The maximum absolute atomic E-state index is 11.8. The molecular formula is C12H17N3O3. The summed E-state index contributed by atoms with van der Waals surface area (Å²) in [6.45, 7) is 0. The van der Waals surface area contributed by atoms with Crippen LogP contribution in [0.1, 0.15) is 42.6 Å². The zero-order chi connectivity index (χ0) is 13.0. The first-order valence-electron chi connectivity index (χ1n) is 6.20. The lowest BCUT2D eigenvalue weighted by atomic mass is 9.84. The molecule has 0 spiro atoms. The van der Waals surface area contributed by atoms with Crippen molar-refractivity contribution in [1.82, 2.24) is 15.3 Å². The van der Waals surface area contributed by atoms with E-state index >= 15 is 0 Å². The van der Waals surface area contributed by atoms with Crippen molar-refractivity contribution in [3.8, 4) is 0 Å². The number of aromatic amines is 1. The van der Waals surface area contributed by atoms with Crippen LogP contribution in [-0.4, -0.2) is 33.0 Å². The fourth-order valence-corrected chi connectivity index (χ4v) is 2.45. The quantitative estimate of drug-likeness (QED) is 0.748. The van der Waals surface area contributed by atoms with Crippen LogP contribution in [0.25, 0.3) is 0 Å². The maximum atomic E-state index is 11.8. The van der Waals surface area contributed by atoms with Gasteiger partial charge in [-0.1, -0.05) is 19.3 Å². The Balaban J connectivity index is 2.02. The van der Waals surface area contributed by atoms with Crippen molar-refractivity contribution in [1.29, 1.82) is 0 Å². The molecule has 6 nitrogen and oxygen atoms in total. The van der Waals surface area contributed by atoms with Gasteiger partial charge in [0.15, 0.2) is 0 Å². The molecule has 1 aliphatic rings. The van der Waals surface area contributed by atoms with Crippen LogP contribution < -0.4 is 5.32 Å². The molecule has 1 fully saturated rings. The summed E-state index contributed by atoms with van der Waals surface area (Å²) in [6.07, 6.45) is 7.72. The minimum Gasteiger partial charge on any atom is -0.480 e. The Labute approximate surface area is 105 Å². The SMILES string of the molecule is O=C(NC(C(=O)O)C1CCCCC1)c1cnc[nH]1. The summed E-state index contributed by atoms with van der Waals surface area (Å²) in [5.41, 5.74) is 0.289. The third-order valence-corrected chi connectivity index (χ3v) is 3.42. The van der Waals surface area contributed by atoms with E-state index in [-0.39, 0.29) is 11.6 Å². The monoisotopic (exact) mass is 251 g/mol. The Morgan fingerprint density at radius 1 is 1.39 bits per heavy atom. The minimum atomic E-state index is -0.963. The van der Waals surface area contributed by atoms with Crippen LogP contribution >= 0.6 is 0 Å². The molecule has 0 aromatic carbocycles. The number of imidazole rings is 1. The molecule has 6 heteroatoms. The van der Waals surface area contributed by atoms with E-state index < -0.39 is 17.9 Å². The highest BCUT2D eigenvalue weighted by Gasteiger charge is 2.31. The van der Waals surface area contributed by atoms with Gasteiger partial charge in [-0.15, -0.1) is 0 Å².